The Bertz CT molecular complexity index is 295. The van der Waals surface area contributed by atoms with Gasteiger partial charge >= 0.3 is 0 Å². The fourth-order valence-electron chi connectivity index (χ4n) is 2.38. The molecule has 0 atom stereocenters. The highest BCUT2D eigenvalue weighted by Crippen LogP contribution is 2.37. The standard InChI is InChI=1S/C11H23NO2S/c1-11(2,3)9-5-7-10(8-6-9)12-15(4,13)14/h9-10,12H,5-8H2,1-4H3. The van der Waals surface area contributed by atoms with Crippen LogP contribution in [0.25, 0.3) is 0 Å². The lowest BCUT2D eigenvalue weighted by Crippen LogP contribution is -2.38. The SMILES string of the molecule is CC(C)(C)C1CCC(NS(C)(=O)=O)CC1. The third kappa shape index (κ3) is 4.51. The largest absolute Gasteiger partial charge is 0.213 e. The molecule has 0 aromatic heterocycles. The van der Waals surface area contributed by atoms with Crippen molar-refractivity contribution in [2.75, 3.05) is 6.26 Å². The van der Waals surface area contributed by atoms with Crippen LogP contribution in [0.2, 0.25) is 0 Å². The van der Waals surface area contributed by atoms with E-state index in [0.29, 0.717) is 5.41 Å². The summed E-state index contributed by atoms with van der Waals surface area (Å²) in [5.74, 6) is 0.732. The molecule has 0 unspecified atom stereocenters. The average molecular weight is 233 g/mol. The average Bonchev–Trinajstić information content (AvgIpc) is 2.00. The molecule has 90 valence electrons. The first kappa shape index (κ1) is 13.0. The Balaban J connectivity index is 2.43. The van der Waals surface area contributed by atoms with Crippen molar-refractivity contribution in [2.45, 2.75) is 52.5 Å². The zero-order valence-corrected chi connectivity index (χ0v) is 11.0. The summed E-state index contributed by atoms with van der Waals surface area (Å²) in [5, 5.41) is 0. The summed E-state index contributed by atoms with van der Waals surface area (Å²) in [6.07, 6.45) is 5.47. The topological polar surface area (TPSA) is 46.2 Å². The van der Waals surface area contributed by atoms with E-state index in [-0.39, 0.29) is 6.04 Å². The summed E-state index contributed by atoms with van der Waals surface area (Å²) >= 11 is 0. The van der Waals surface area contributed by atoms with Gasteiger partial charge in [0, 0.05) is 6.04 Å². The molecular weight excluding hydrogens is 210 g/mol. The molecule has 1 aliphatic carbocycles. The second-order valence-electron chi connectivity index (χ2n) is 5.80. The van der Waals surface area contributed by atoms with Gasteiger partial charge in [-0.1, -0.05) is 20.8 Å². The van der Waals surface area contributed by atoms with Crippen LogP contribution in [-0.2, 0) is 10.0 Å². The van der Waals surface area contributed by atoms with Crippen molar-refractivity contribution < 1.29 is 8.42 Å². The van der Waals surface area contributed by atoms with Crippen molar-refractivity contribution in [2.24, 2.45) is 11.3 Å². The molecule has 4 heteroatoms. The quantitative estimate of drug-likeness (QED) is 0.794. The molecule has 0 radical (unpaired) electrons. The van der Waals surface area contributed by atoms with Crippen LogP contribution in [0.15, 0.2) is 0 Å². The molecule has 0 saturated heterocycles. The van der Waals surface area contributed by atoms with Gasteiger partial charge in [-0.2, -0.15) is 0 Å². The van der Waals surface area contributed by atoms with Crippen LogP contribution in [0.4, 0.5) is 0 Å². The first-order valence-electron chi connectivity index (χ1n) is 5.66. The van der Waals surface area contributed by atoms with Crippen molar-refractivity contribution in [3.05, 3.63) is 0 Å². The maximum absolute atomic E-state index is 11.1. The lowest BCUT2D eigenvalue weighted by molar-refractivity contribution is 0.166. The number of hydrogen-bond acceptors (Lipinski definition) is 2. The van der Waals surface area contributed by atoms with E-state index >= 15 is 0 Å². The number of hydrogen-bond donors (Lipinski definition) is 1. The van der Waals surface area contributed by atoms with E-state index < -0.39 is 10.0 Å². The molecule has 0 spiro atoms. The maximum Gasteiger partial charge on any atom is 0.208 e. The van der Waals surface area contributed by atoms with Crippen LogP contribution in [0.5, 0.6) is 0 Å². The molecule has 1 aliphatic rings. The second kappa shape index (κ2) is 4.42. The minimum Gasteiger partial charge on any atom is -0.213 e. The Morgan fingerprint density at radius 1 is 1.07 bits per heavy atom. The fourth-order valence-corrected chi connectivity index (χ4v) is 3.22. The van der Waals surface area contributed by atoms with E-state index in [4.69, 9.17) is 0 Å². The van der Waals surface area contributed by atoms with E-state index in [0.717, 1.165) is 31.6 Å². The normalized spacial score (nSPS) is 29.1. The molecule has 1 saturated carbocycles. The summed E-state index contributed by atoms with van der Waals surface area (Å²) < 4.78 is 24.8. The highest BCUT2D eigenvalue weighted by atomic mass is 32.2. The van der Waals surface area contributed by atoms with Crippen LogP contribution in [0, 0.1) is 11.3 Å². The predicted octanol–water partition coefficient (Wildman–Crippen LogP) is 2.14. The monoisotopic (exact) mass is 233 g/mol. The smallest absolute Gasteiger partial charge is 0.208 e. The van der Waals surface area contributed by atoms with Gasteiger partial charge in [0.05, 0.1) is 6.26 Å². The summed E-state index contributed by atoms with van der Waals surface area (Å²) in [5.41, 5.74) is 0.357. The molecule has 0 amide bonds. The van der Waals surface area contributed by atoms with Crippen LogP contribution < -0.4 is 4.72 Å². The zero-order chi connectivity index (χ0) is 11.7. The molecule has 1 rings (SSSR count). The van der Waals surface area contributed by atoms with Crippen LogP contribution in [-0.4, -0.2) is 20.7 Å². The van der Waals surface area contributed by atoms with E-state index in [2.05, 4.69) is 25.5 Å². The number of nitrogens with one attached hydrogen (secondary N) is 1. The van der Waals surface area contributed by atoms with Crippen LogP contribution in [0.3, 0.4) is 0 Å². The molecule has 3 nitrogen and oxygen atoms in total. The molecule has 0 aromatic carbocycles. The van der Waals surface area contributed by atoms with Gasteiger partial charge in [-0.15, -0.1) is 0 Å². The first-order valence-corrected chi connectivity index (χ1v) is 7.55. The Morgan fingerprint density at radius 2 is 1.53 bits per heavy atom. The first-order chi connectivity index (χ1) is 6.68. The maximum atomic E-state index is 11.1. The highest BCUT2D eigenvalue weighted by molar-refractivity contribution is 7.88. The lowest BCUT2D eigenvalue weighted by atomic mass is 9.71. The summed E-state index contributed by atoms with van der Waals surface area (Å²) in [6, 6.07) is 0.165. The van der Waals surface area contributed by atoms with Gasteiger partial charge in [0.2, 0.25) is 10.0 Å². The summed E-state index contributed by atoms with van der Waals surface area (Å²) in [7, 11) is -3.03. The lowest BCUT2D eigenvalue weighted by Gasteiger charge is -2.36. The third-order valence-corrected chi connectivity index (χ3v) is 4.09. The zero-order valence-electron chi connectivity index (χ0n) is 10.2. The van der Waals surface area contributed by atoms with Gasteiger partial charge < -0.3 is 0 Å². The predicted molar refractivity (Wildman–Crippen MR) is 63.2 cm³/mol. The Morgan fingerprint density at radius 3 is 1.87 bits per heavy atom. The molecule has 0 bridgehead atoms. The van der Waals surface area contributed by atoms with Crippen molar-refractivity contribution >= 4 is 10.0 Å². The molecule has 0 heterocycles. The molecule has 1 fully saturated rings. The van der Waals surface area contributed by atoms with E-state index in [1.165, 1.54) is 6.26 Å². The van der Waals surface area contributed by atoms with Crippen molar-refractivity contribution in [3.8, 4) is 0 Å². The van der Waals surface area contributed by atoms with Crippen molar-refractivity contribution in [1.82, 2.24) is 4.72 Å². The Kier molecular flexibility index (Phi) is 3.82. The van der Waals surface area contributed by atoms with E-state index in [1.807, 2.05) is 0 Å². The van der Waals surface area contributed by atoms with Gasteiger partial charge in [-0.3, -0.25) is 0 Å². The van der Waals surface area contributed by atoms with Gasteiger partial charge in [-0.05, 0) is 37.0 Å². The van der Waals surface area contributed by atoms with Crippen molar-refractivity contribution in [3.63, 3.8) is 0 Å². The van der Waals surface area contributed by atoms with Crippen molar-refractivity contribution in [1.29, 1.82) is 0 Å². The fraction of sp³-hybridized carbons (Fsp3) is 1.00. The minimum absolute atomic E-state index is 0.165. The number of rotatable bonds is 2. The molecule has 1 N–H and O–H groups in total. The van der Waals surface area contributed by atoms with Crippen LogP contribution in [0.1, 0.15) is 46.5 Å². The Hall–Kier alpha value is -0.0900. The van der Waals surface area contributed by atoms with E-state index in [1.54, 1.807) is 0 Å². The van der Waals surface area contributed by atoms with Gasteiger partial charge in [0.1, 0.15) is 0 Å². The second-order valence-corrected chi connectivity index (χ2v) is 7.58. The van der Waals surface area contributed by atoms with Gasteiger partial charge in [-0.25, -0.2) is 13.1 Å². The van der Waals surface area contributed by atoms with Crippen LogP contribution >= 0.6 is 0 Å². The number of sulfonamides is 1. The molecular formula is C11H23NO2S. The summed E-state index contributed by atoms with van der Waals surface area (Å²) in [4.78, 5) is 0. The molecule has 15 heavy (non-hydrogen) atoms. The van der Waals surface area contributed by atoms with Gasteiger partial charge in [0.15, 0.2) is 0 Å². The van der Waals surface area contributed by atoms with E-state index in [9.17, 15) is 8.42 Å². The Labute approximate surface area is 93.7 Å². The highest BCUT2D eigenvalue weighted by Gasteiger charge is 2.30. The van der Waals surface area contributed by atoms with Gasteiger partial charge in [0.25, 0.3) is 0 Å². The minimum atomic E-state index is -3.03. The third-order valence-electron chi connectivity index (χ3n) is 3.33. The molecule has 0 aromatic rings. The molecule has 0 aliphatic heterocycles. The summed E-state index contributed by atoms with van der Waals surface area (Å²) in [6.45, 7) is 6.80.